The lowest BCUT2D eigenvalue weighted by Crippen LogP contribution is -2.34. The number of thioether (sulfide) groups is 1. The maximum Gasteiger partial charge on any atom is 0.242 e. The predicted octanol–water partition coefficient (Wildman–Crippen LogP) is 4.65. The van der Waals surface area contributed by atoms with Gasteiger partial charge in [0.2, 0.25) is 11.8 Å². The van der Waals surface area contributed by atoms with E-state index in [1.54, 1.807) is 29.2 Å². The molecule has 1 atom stereocenters. The summed E-state index contributed by atoms with van der Waals surface area (Å²) in [5.41, 5.74) is 1.97. The van der Waals surface area contributed by atoms with E-state index in [1.165, 1.54) is 18.7 Å². The molecule has 0 aliphatic carbocycles. The van der Waals surface area contributed by atoms with Crippen LogP contribution >= 0.6 is 11.8 Å². The Bertz CT molecular complexity index is 942. The van der Waals surface area contributed by atoms with E-state index >= 15 is 0 Å². The fraction of sp³-hybridized carbons (Fsp3) is 0.304. The number of nitrogens with zero attached hydrogens (tertiary/aromatic N) is 2. The van der Waals surface area contributed by atoms with Crippen LogP contribution in [0.5, 0.6) is 0 Å². The molecule has 0 radical (unpaired) electrons. The van der Waals surface area contributed by atoms with Gasteiger partial charge in [-0.15, -0.1) is 0 Å². The largest absolute Gasteiger partial charge is 0.326 e. The number of anilines is 1. The second kappa shape index (κ2) is 10.2. The molecule has 0 aromatic heterocycles. The van der Waals surface area contributed by atoms with Crippen LogP contribution in [0.4, 0.5) is 11.4 Å². The highest BCUT2D eigenvalue weighted by molar-refractivity contribution is 8.15. The first-order chi connectivity index (χ1) is 14.5. The Balaban J connectivity index is 1.69. The summed E-state index contributed by atoms with van der Waals surface area (Å²) in [6.45, 7) is 4.16. The predicted molar refractivity (Wildman–Crippen MR) is 121 cm³/mol. The van der Waals surface area contributed by atoms with Crippen LogP contribution in [0, 0.1) is 0 Å². The van der Waals surface area contributed by atoms with E-state index < -0.39 is 5.25 Å². The fourth-order valence-electron chi connectivity index (χ4n) is 3.03. The summed E-state index contributed by atoms with van der Waals surface area (Å²) >= 11 is 1.34. The Morgan fingerprint density at radius 3 is 2.43 bits per heavy atom. The second-order valence-electron chi connectivity index (χ2n) is 7.07. The van der Waals surface area contributed by atoms with Gasteiger partial charge < -0.3 is 5.32 Å². The molecule has 1 fully saturated rings. The molecule has 7 heteroatoms. The summed E-state index contributed by atoms with van der Waals surface area (Å²) in [5.74, 6) is -0.351. The molecule has 1 heterocycles. The van der Waals surface area contributed by atoms with Crippen LogP contribution in [0.15, 0.2) is 59.6 Å². The van der Waals surface area contributed by atoms with Gasteiger partial charge in [0.25, 0.3) is 0 Å². The number of carbonyl (C=O) groups excluding carboxylic acids is 3. The number of ketones is 1. The number of carbonyl (C=O) groups is 3. The minimum absolute atomic E-state index is 0.0294. The summed E-state index contributed by atoms with van der Waals surface area (Å²) in [7, 11) is 0. The smallest absolute Gasteiger partial charge is 0.242 e. The van der Waals surface area contributed by atoms with Gasteiger partial charge in [-0.25, -0.2) is 4.99 Å². The highest BCUT2D eigenvalue weighted by Gasteiger charge is 2.38. The van der Waals surface area contributed by atoms with E-state index in [0.717, 1.165) is 18.5 Å². The van der Waals surface area contributed by atoms with Crippen molar-refractivity contribution in [3.63, 3.8) is 0 Å². The summed E-state index contributed by atoms with van der Waals surface area (Å²) < 4.78 is 0. The number of Topliss-reactive ketones (excluding diaryl/α,β-unsaturated/α-hetero) is 1. The number of benzene rings is 2. The molecule has 6 nitrogen and oxygen atoms in total. The number of para-hydroxylation sites is 1. The molecule has 156 valence electrons. The van der Waals surface area contributed by atoms with Crippen LogP contribution < -0.4 is 5.32 Å². The van der Waals surface area contributed by atoms with Crippen molar-refractivity contribution in [3.8, 4) is 0 Å². The number of hydrogen-bond acceptors (Lipinski definition) is 5. The zero-order chi connectivity index (χ0) is 21.5. The minimum atomic E-state index is -0.499. The second-order valence-corrected chi connectivity index (χ2v) is 8.24. The molecule has 2 aromatic carbocycles. The van der Waals surface area contributed by atoms with E-state index in [9.17, 15) is 14.4 Å². The Morgan fingerprint density at radius 2 is 1.80 bits per heavy atom. The van der Waals surface area contributed by atoms with Crippen molar-refractivity contribution in [2.75, 3.05) is 11.9 Å². The Morgan fingerprint density at radius 1 is 1.10 bits per heavy atom. The Labute approximate surface area is 180 Å². The molecule has 2 amide bonds. The standard InChI is InChI=1S/C23H25N3O3S/c1-3-4-14-26-22(29)20(30-23(26)25-18-8-6-5-7-9-18)15-21(28)24-19-12-10-17(11-13-19)16(2)27/h5-13,20H,3-4,14-15H2,1-2H3,(H,24,28). The van der Waals surface area contributed by atoms with Crippen LogP contribution in [0.2, 0.25) is 0 Å². The third-order valence-electron chi connectivity index (χ3n) is 4.68. The van der Waals surface area contributed by atoms with Crippen LogP contribution in [0.1, 0.15) is 43.5 Å². The zero-order valence-corrected chi connectivity index (χ0v) is 17.9. The van der Waals surface area contributed by atoms with E-state index in [4.69, 9.17) is 0 Å². The number of amidine groups is 1. The van der Waals surface area contributed by atoms with E-state index in [-0.39, 0.29) is 24.0 Å². The lowest BCUT2D eigenvalue weighted by molar-refractivity contribution is -0.128. The van der Waals surface area contributed by atoms with Crippen molar-refractivity contribution >= 4 is 45.9 Å². The average molecular weight is 424 g/mol. The SMILES string of the molecule is CCCCN1C(=O)C(CC(=O)Nc2ccc(C(C)=O)cc2)SC1=Nc1ccccc1. The molecule has 1 aliphatic rings. The molecule has 1 aliphatic heterocycles. The third-order valence-corrected chi connectivity index (χ3v) is 5.86. The van der Waals surface area contributed by atoms with Crippen molar-refractivity contribution in [1.82, 2.24) is 4.90 Å². The van der Waals surface area contributed by atoms with Crippen molar-refractivity contribution in [3.05, 3.63) is 60.2 Å². The normalized spacial score (nSPS) is 17.4. The van der Waals surface area contributed by atoms with E-state index in [0.29, 0.717) is 23.0 Å². The zero-order valence-electron chi connectivity index (χ0n) is 17.1. The monoisotopic (exact) mass is 423 g/mol. The van der Waals surface area contributed by atoms with Gasteiger partial charge in [0.05, 0.1) is 5.69 Å². The summed E-state index contributed by atoms with van der Waals surface area (Å²) in [6.07, 6.45) is 1.91. The molecular weight excluding hydrogens is 398 g/mol. The molecule has 0 bridgehead atoms. The minimum Gasteiger partial charge on any atom is -0.326 e. The van der Waals surface area contributed by atoms with Gasteiger partial charge in [0.1, 0.15) is 5.25 Å². The van der Waals surface area contributed by atoms with Crippen LogP contribution in [0.25, 0.3) is 0 Å². The van der Waals surface area contributed by atoms with Crippen molar-refractivity contribution < 1.29 is 14.4 Å². The maximum absolute atomic E-state index is 12.9. The van der Waals surface area contributed by atoms with Gasteiger partial charge in [-0.3, -0.25) is 19.3 Å². The lowest BCUT2D eigenvalue weighted by Gasteiger charge is -2.15. The Kier molecular flexibility index (Phi) is 7.41. The third kappa shape index (κ3) is 5.57. The van der Waals surface area contributed by atoms with Crippen LogP contribution in [-0.4, -0.2) is 39.5 Å². The maximum atomic E-state index is 12.9. The Hall–Kier alpha value is -2.93. The number of amides is 2. The van der Waals surface area contributed by atoms with Crippen LogP contribution in [0.3, 0.4) is 0 Å². The number of hydrogen-bond donors (Lipinski definition) is 1. The average Bonchev–Trinajstić information content (AvgIpc) is 3.01. The van der Waals surface area contributed by atoms with Crippen molar-refractivity contribution in [2.24, 2.45) is 4.99 Å². The van der Waals surface area contributed by atoms with Crippen molar-refractivity contribution in [2.45, 2.75) is 38.4 Å². The fourth-order valence-corrected chi connectivity index (χ4v) is 4.21. The summed E-state index contributed by atoms with van der Waals surface area (Å²) in [4.78, 5) is 43.1. The molecule has 2 aromatic rings. The quantitative estimate of drug-likeness (QED) is 0.627. The number of rotatable bonds is 8. The van der Waals surface area contributed by atoms with Gasteiger partial charge in [0.15, 0.2) is 11.0 Å². The van der Waals surface area contributed by atoms with Gasteiger partial charge in [-0.1, -0.05) is 43.3 Å². The lowest BCUT2D eigenvalue weighted by atomic mass is 10.1. The molecule has 1 saturated heterocycles. The summed E-state index contributed by atoms with van der Waals surface area (Å²) in [5, 5.41) is 2.95. The van der Waals surface area contributed by atoms with Gasteiger partial charge >= 0.3 is 0 Å². The molecule has 0 saturated carbocycles. The molecule has 30 heavy (non-hydrogen) atoms. The van der Waals surface area contributed by atoms with Crippen molar-refractivity contribution in [1.29, 1.82) is 0 Å². The topological polar surface area (TPSA) is 78.8 Å². The molecule has 1 N–H and O–H groups in total. The molecule has 1 unspecified atom stereocenters. The van der Waals surface area contributed by atoms with E-state index in [1.807, 2.05) is 30.3 Å². The molecule has 3 rings (SSSR count). The number of aliphatic imine (C=N–C) groups is 1. The summed E-state index contributed by atoms with van der Waals surface area (Å²) in [6, 6.07) is 16.2. The molecule has 0 spiro atoms. The first-order valence-electron chi connectivity index (χ1n) is 10.0. The van der Waals surface area contributed by atoms with Crippen LogP contribution in [-0.2, 0) is 9.59 Å². The highest BCUT2D eigenvalue weighted by atomic mass is 32.2. The first-order valence-corrected chi connectivity index (χ1v) is 10.9. The van der Waals surface area contributed by atoms with E-state index in [2.05, 4.69) is 17.2 Å². The number of nitrogens with one attached hydrogen (secondary N) is 1. The van der Waals surface area contributed by atoms with Gasteiger partial charge in [0, 0.05) is 24.2 Å². The van der Waals surface area contributed by atoms with Gasteiger partial charge in [-0.2, -0.15) is 0 Å². The van der Waals surface area contributed by atoms with Gasteiger partial charge in [-0.05, 0) is 49.7 Å². The number of unbranched alkanes of at least 4 members (excludes halogenated alkanes) is 1. The molecular formula is C23H25N3O3S. The first kappa shape index (κ1) is 21.8. The highest BCUT2D eigenvalue weighted by Crippen LogP contribution is 2.32.